The molecule has 0 spiro atoms. The van der Waals surface area contributed by atoms with Crippen molar-refractivity contribution in [1.29, 1.82) is 0 Å². The van der Waals surface area contributed by atoms with E-state index in [4.69, 9.17) is 4.74 Å². The Morgan fingerprint density at radius 3 is 2.20 bits per heavy atom. The topological polar surface area (TPSA) is 49.7 Å². The zero-order chi connectivity index (χ0) is 14.8. The van der Waals surface area contributed by atoms with Gasteiger partial charge in [-0.2, -0.15) is 0 Å². The maximum atomic E-state index is 10.8. The van der Waals surface area contributed by atoms with E-state index in [1.807, 2.05) is 26.0 Å². The zero-order valence-corrected chi connectivity index (χ0v) is 12.8. The Hall–Kier alpha value is -1.06. The smallest absolute Gasteiger partial charge is 0.122 e. The first kappa shape index (κ1) is 15.3. The van der Waals surface area contributed by atoms with Crippen LogP contribution in [-0.4, -0.2) is 22.9 Å². The molecule has 0 amide bonds. The summed E-state index contributed by atoms with van der Waals surface area (Å²) < 4.78 is 5.31. The van der Waals surface area contributed by atoms with Gasteiger partial charge in [0, 0.05) is 0 Å². The lowest BCUT2D eigenvalue weighted by molar-refractivity contribution is -0.0870. The van der Waals surface area contributed by atoms with E-state index >= 15 is 0 Å². The summed E-state index contributed by atoms with van der Waals surface area (Å²) in [6, 6.07) is 3.88. The van der Waals surface area contributed by atoms with Crippen molar-refractivity contribution in [3.63, 3.8) is 0 Å². The Labute approximate surface area is 121 Å². The van der Waals surface area contributed by atoms with Crippen molar-refractivity contribution in [2.24, 2.45) is 0 Å². The Kier molecular flexibility index (Phi) is 4.71. The highest BCUT2D eigenvalue weighted by molar-refractivity contribution is 5.43. The Morgan fingerprint density at radius 1 is 1.05 bits per heavy atom. The molecule has 1 aromatic rings. The lowest BCUT2D eigenvalue weighted by Crippen LogP contribution is -2.36. The lowest BCUT2D eigenvalue weighted by atomic mass is 9.82. The van der Waals surface area contributed by atoms with Gasteiger partial charge in [0.05, 0.1) is 12.7 Å². The predicted octanol–water partition coefficient (Wildman–Crippen LogP) is 3.43. The van der Waals surface area contributed by atoms with Gasteiger partial charge in [-0.25, -0.2) is 0 Å². The van der Waals surface area contributed by atoms with Gasteiger partial charge in [0.1, 0.15) is 11.9 Å². The number of aliphatic hydroxyl groups is 2. The number of hydrogen-bond donors (Lipinski definition) is 2. The normalized spacial score (nSPS) is 20.2. The van der Waals surface area contributed by atoms with E-state index in [1.54, 1.807) is 7.11 Å². The minimum atomic E-state index is -0.984. The first-order valence-corrected chi connectivity index (χ1v) is 7.53. The molecular formula is C17H26O3. The molecule has 1 aliphatic carbocycles. The minimum Gasteiger partial charge on any atom is -0.496 e. The molecule has 0 radical (unpaired) electrons. The van der Waals surface area contributed by atoms with Crippen LogP contribution >= 0.6 is 0 Å². The summed E-state index contributed by atoms with van der Waals surface area (Å²) in [5.41, 5.74) is 1.80. The first-order valence-electron chi connectivity index (χ1n) is 7.53. The molecule has 1 aliphatic rings. The van der Waals surface area contributed by atoms with E-state index in [0.717, 1.165) is 48.1 Å². The summed E-state index contributed by atoms with van der Waals surface area (Å²) in [5.74, 6) is 0.825. The number of ether oxygens (including phenoxy) is 1. The first-order chi connectivity index (χ1) is 9.48. The molecule has 1 aromatic carbocycles. The van der Waals surface area contributed by atoms with Crippen molar-refractivity contribution in [3.05, 3.63) is 28.8 Å². The van der Waals surface area contributed by atoms with Gasteiger partial charge in [0.2, 0.25) is 0 Å². The van der Waals surface area contributed by atoms with Crippen LogP contribution in [0.2, 0.25) is 0 Å². The monoisotopic (exact) mass is 278 g/mol. The van der Waals surface area contributed by atoms with E-state index in [-0.39, 0.29) is 0 Å². The summed E-state index contributed by atoms with van der Waals surface area (Å²) in [7, 11) is 1.65. The molecule has 0 heterocycles. The Balaban J connectivity index is 2.32. The zero-order valence-electron chi connectivity index (χ0n) is 12.8. The number of methoxy groups -OCH3 is 1. The molecule has 1 atom stereocenters. The van der Waals surface area contributed by atoms with Crippen LogP contribution in [0.1, 0.15) is 61.3 Å². The molecule has 1 saturated carbocycles. The van der Waals surface area contributed by atoms with E-state index in [2.05, 4.69) is 0 Å². The SMILES string of the molecule is COc1cc(C)c(C(O)C2(O)CCCCCC2)cc1C. The fourth-order valence-corrected chi connectivity index (χ4v) is 3.23. The van der Waals surface area contributed by atoms with Gasteiger partial charge >= 0.3 is 0 Å². The number of benzene rings is 1. The predicted molar refractivity (Wildman–Crippen MR) is 80.1 cm³/mol. The highest BCUT2D eigenvalue weighted by Gasteiger charge is 2.37. The van der Waals surface area contributed by atoms with Gasteiger partial charge in [-0.05, 0) is 55.5 Å². The van der Waals surface area contributed by atoms with Crippen molar-refractivity contribution in [2.45, 2.75) is 64.1 Å². The second kappa shape index (κ2) is 6.15. The summed E-state index contributed by atoms with van der Waals surface area (Å²) in [4.78, 5) is 0. The van der Waals surface area contributed by atoms with Crippen molar-refractivity contribution in [3.8, 4) is 5.75 Å². The number of aryl methyl sites for hydroxylation is 2. The molecule has 3 nitrogen and oxygen atoms in total. The number of aliphatic hydroxyl groups excluding tert-OH is 1. The molecule has 0 saturated heterocycles. The molecule has 2 rings (SSSR count). The van der Waals surface area contributed by atoms with Crippen molar-refractivity contribution in [2.75, 3.05) is 7.11 Å². The van der Waals surface area contributed by atoms with Gasteiger partial charge in [-0.15, -0.1) is 0 Å². The maximum Gasteiger partial charge on any atom is 0.122 e. The quantitative estimate of drug-likeness (QED) is 0.833. The molecule has 0 aliphatic heterocycles. The molecule has 1 unspecified atom stereocenters. The maximum absolute atomic E-state index is 10.8. The van der Waals surface area contributed by atoms with Crippen LogP contribution in [0.25, 0.3) is 0 Å². The van der Waals surface area contributed by atoms with Crippen LogP contribution in [0, 0.1) is 13.8 Å². The highest BCUT2D eigenvalue weighted by Crippen LogP contribution is 2.39. The Bertz CT molecular complexity index is 460. The standard InChI is InChI=1S/C17H26O3/c1-12-11-15(20-3)13(2)10-14(12)16(18)17(19)8-6-4-5-7-9-17/h10-11,16,18-19H,4-9H2,1-3H3. The second-order valence-corrected chi connectivity index (χ2v) is 6.10. The fourth-order valence-electron chi connectivity index (χ4n) is 3.23. The third kappa shape index (κ3) is 2.99. The fraction of sp³-hybridized carbons (Fsp3) is 0.647. The summed E-state index contributed by atoms with van der Waals surface area (Å²) in [6.07, 6.45) is 4.82. The third-order valence-electron chi connectivity index (χ3n) is 4.56. The number of hydrogen-bond acceptors (Lipinski definition) is 3. The van der Waals surface area contributed by atoms with E-state index in [1.165, 1.54) is 0 Å². The summed E-state index contributed by atoms with van der Waals surface area (Å²) >= 11 is 0. The van der Waals surface area contributed by atoms with Crippen LogP contribution in [-0.2, 0) is 0 Å². The third-order valence-corrected chi connectivity index (χ3v) is 4.56. The largest absolute Gasteiger partial charge is 0.496 e. The average Bonchev–Trinajstić information content (AvgIpc) is 2.66. The molecule has 0 bridgehead atoms. The van der Waals surface area contributed by atoms with Gasteiger partial charge in [0.25, 0.3) is 0 Å². The minimum absolute atomic E-state index is 0.679. The molecule has 112 valence electrons. The van der Waals surface area contributed by atoms with Crippen LogP contribution in [0.3, 0.4) is 0 Å². The van der Waals surface area contributed by atoms with Gasteiger partial charge in [-0.1, -0.05) is 25.7 Å². The van der Waals surface area contributed by atoms with Crippen LogP contribution < -0.4 is 4.74 Å². The lowest BCUT2D eigenvalue weighted by Gasteiger charge is -2.33. The van der Waals surface area contributed by atoms with Crippen LogP contribution in [0.4, 0.5) is 0 Å². The second-order valence-electron chi connectivity index (χ2n) is 6.10. The summed E-state index contributed by atoms with van der Waals surface area (Å²) in [6.45, 7) is 3.92. The highest BCUT2D eigenvalue weighted by atomic mass is 16.5. The van der Waals surface area contributed by atoms with Crippen LogP contribution in [0.5, 0.6) is 5.75 Å². The molecule has 0 aromatic heterocycles. The van der Waals surface area contributed by atoms with Crippen LogP contribution in [0.15, 0.2) is 12.1 Å². The van der Waals surface area contributed by atoms with Crippen molar-refractivity contribution < 1.29 is 14.9 Å². The van der Waals surface area contributed by atoms with Crippen molar-refractivity contribution in [1.82, 2.24) is 0 Å². The molecular weight excluding hydrogens is 252 g/mol. The Morgan fingerprint density at radius 2 is 1.65 bits per heavy atom. The molecule has 1 fully saturated rings. The van der Waals surface area contributed by atoms with Gasteiger partial charge in [0.15, 0.2) is 0 Å². The van der Waals surface area contributed by atoms with E-state index < -0.39 is 11.7 Å². The summed E-state index contributed by atoms with van der Waals surface area (Å²) in [5, 5.41) is 21.5. The van der Waals surface area contributed by atoms with Gasteiger partial charge in [-0.3, -0.25) is 0 Å². The van der Waals surface area contributed by atoms with Crippen molar-refractivity contribution >= 4 is 0 Å². The molecule has 3 heteroatoms. The van der Waals surface area contributed by atoms with E-state index in [9.17, 15) is 10.2 Å². The van der Waals surface area contributed by atoms with E-state index in [0.29, 0.717) is 12.8 Å². The average molecular weight is 278 g/mol. The number of rotatable bonds is 3. The van der Waals surface area contributed by atoms with Gasteiger partial charge < -0.3 is 14.9 Å². The molecule has 20 heavy (non-hydrogen) atoms. The molecule has 2 N–H and O–H groups in total.